The quantitative estimate of drug-likeness (QED) is 0.282. The lowest BCUT2D eigenvalue weighted by atomic mass is 10.2. The summed E-state index contributed by atoms with van der Waals surface area (Å²) in [5, 5.41) is 0.159. The molecular weight excluding hydrogens is 372 g/mol. The van der Waals surface area contributed by atoms with Crippen LogP contribution in [0.15, 0.2) is 24.3 Å². The zero-order valence-corrected chi connectivity index (χ0v) is 20.4. The third-order valence-electron chi connectivity index (χ3n) is 4.47. The molecular formula is C22H40O5Si. The summed E-state index contributed by atoms with van der Waals surface area (Å²) >= 11 is 0. The molecule has 162 valence electrons. The molecule has 0 saturated carbocycles. The number of esters is 2. The van der Waals surface area contributed by atoms with Crippen molar-refractivity contribution >= 4 is 20.3 Å². The van der Waals surface area contributed by atoms with E-state index in [-0.39, 0.29) is 17.2 Å². The standard InChI is InChI=1S/C22H40O5Si/c1-17(13-11-16-20(24)26-21(3,4)5)25-19(23)15-12-14-18(2)27-28(9,10)22(6,7)8/h11-12,15-18H,13-14H2,1-10H3/b15-12+,16-11+/t17-,18-/m0/s1. The summed E-state index contributed by atoms with van der Waals surface area (Å²) < 4.78 is 16.7. The molecule has 28 heavy (non-hydrogen) atoms. The van der Waals surface area contributed by atoms with Crippen molar-refractivity contribution < 1.29 is 23.5 Å². The van der Waals surface area contributed by atoms with Crippen LogP contribution in [0.1, 0.15) is 68.2 Å². The van der Waals surface area contributed by atoms with Crippen molar-refractivity contribution in [1.82, 2.24) is 0 Å². The number of ether oxygens (including phenoxy) is 2. The van der Waals surface area contributed by atoms with Gasteiger partial charge in [0.1, 0.15) is 11.7 Å². The summed E-state index contributed by atoms with van der Waals surface area (Å²) in [6, 6.07) is 0. The third kappa shape index (κ3) is 12.1. The summed E-state index contributed by atoms with van der Waals surface area (Å²) in [6.07, 6.45) is 7.10. The first-order valence-corrected chi connectivity index (χ1v) is 12.9. The highest BCUT2D eigenvalue weighted by Crippen LogP contribution is 2.37. The first-order chi connectivity index (χ1) is 12.5. The minimum absolute atomic E-state index is 0.0547. The van der Waals surface area contributed by atoms with Gasteiger partial charge in [-0.1, -0.05) is 32.9 Å². The van der Waals surface area contributed by atoms with Gasteiger partial charge in [0.2, 0.25) is 0 Å². The van der Waals surface area contributed by atoms with Crippen LogP contribution in [0.2, 0.25) is 18.1 Å². The Kier molecular flexibility index (Phi) is 10.4. The van der Waals surface area contributed by atoms with Crippen LogP contribution in [0.3, 0.4) is 0 Å². The molecule has 0 aromatic heterocycles. The van der Waals surface area contributed by atoms with E-state index in [2.05, 4.69) is 33.9 Å². The van der Waals surface area contributed by atoms with Gasteiger partial charge in [0.25, 0.3) is 0 Å². The van der Waals surface area contributed by atoms with Crippen molar-refractivity contribution in [2.45, 2.75) is 104 Å². The summed E-state index contributed by atoms with van der Waals surface area (Å²) in [5.41, 5.74) is -0.518. The molecule has 0 amide bonds. The Morgan fingerprint density at radius 3 is 1.79 bits per heavy atom. The van der Waals surface area contributed by atoms with Gasteiger partial charge in [0, 0.05) is 24.7 Å². The van der Waals surface area contributed by atoms with Gasteiger partial charge in [-0.25, -0.2) is 9.59 Å². The lowest BCUT2D eigenvalue weighted by Gasteiger charge is -2.38. The minimum Gasteiger partial charge on any atom is -0.459 e. The third-order valence-corrected chi connectivity index (χ3v) is 9.07. The van der Waals surface area contributed by atoms with Crippen molar-refractivity contribution in [3.8, 4) is 0 Å². The van der Waals surface area contributed by atoms with E-state index in [9.17, 15) is 9.59 Å². The molecule has 5 nitrogen and oxygen atoms in total. The Balaban J connectivity index is 4.31. The van der Waals surface area contributed by atoms with Gasteiger partial charge in [-0.3, -0.25) is 0 Å². The zero-order valence-electron chi connectivity index (χ0n) is 19.4. The second-order valence-corrected chi connectivity index (χ2v) is 14.5. The highest BCUT2D eigenvalue weighted by atomic mass is 28.4. The van der Waals surface area contributed by atoms with Crippen LogP contribution >= 0.6 is 0 Å². The maximum Gasteiger partial charge on any atom is 0.330 e. The molecule has 0 rings (SSSR count). The van der Waals surface area contributed by atoms with Crippen molar-refractivity contribution in [3.63, 3.8) is 0 Å². The number of hydrogen-bond acceptors (Lipinski definition) is 5. The molecule has 0 bridgehead atoms. The molecule has 0 saturated heterocycles. The van der Waals surface area contributed by atoms with E-state index >= 15 is 0 Å². The maximum atomic E-state index is 11.9. The van der Waals surface area contributed by atoms with Crippen LogP contribution in [0.4, 0.5) is 0 Å². The summed E-state index contributed by atoms with van der Waals surface area (Å²) in [5.74, 6) is -0.792. The molecule has 0 unspecified atom stereocenters. The average molecular weight is 413 g/mol. The van der Waals surface area contributed by atoms with E-state index in [1.807, 2.05) is 27.7 Å². The average Bonchev–Trinajstić information content (AvgIpc) is 2.43. The van der Waals surface area contributed by atoms with E-state index < -0.39 is 25.9 Å². The molecule has 0 aromatic rings. The SMILES string of the molecule is C[C@@H](C/C=C/C(=O)OC(C)(C)C)OC(=O)/C=C/C[C@H](C)O[Si](C)(C)C(C)(C)C. The van der Waals surface area contributed by atoms with Crippen LogP contribution in [-0.4, -0.2) is 38.1 Å². The fraction of sp³-hybridized carbons (Fsp3) is 0.727. The smallest absolute Gasteiger partial charge is 0.330 e. The molecule has 0 aliphatic heterocycles. The van der Waals surface area contributed by atoms with E-state index in [1.165, 1.54) is 12.2 Å². The van der Waals surface area contributed by atoms with Crippen LogP contribution < -0.4 is 0 Å². The van der Waals surface area contributed by atoms with Gasteiger partial charge in [-0.2, -0.15) is 0 Å². The molecule has 0 aromatic carbocycles. The van der Waals surface area contributed by atoms with Crippen molar-refractivity contribution in [2.75, 3.05) is 0 Å². The fourth-order valence-corrected chi connectivity index (χ4v) is 3.52. The molecule has 0 aliphatic rings. The molecule has 0 aliphatic carbocycles. The van der Waals surface area contributed by atoms with Crippen molar-refractivity contribution in [2.24, 2.45) is 0 Å². The van der Waals surface area contributed by atoms with Gasteiger partial charge in [0.05, 0.1) is 0 Å². The van der Waals surface area contributed by atoms with Gasteiger partial charge in [0.15, 0.2) is 8.32 Å². The Hall–Kier alpha value is -1.40. The van der Waals surface area contributed by atoms with Crippen LogP contribution in [0, 0.1) is 0 Å². The summed E-state index contributed by atoms with van der Waals surface area (Å²) in [6.45, 7) is 20.3. The molecule has 0 N–H and O–H groups in total. The Morgan fingerprint density at radius 2 is 1.32 bits per heavy atom. The molecule has 6 heteroatoms. The predicted molar refractivity (Wildman–Crippen MR) is 117 cm³/mol. The van der Waals surface area contributed by atoms with Crippen molar-refractivity contribution in [3.05, 3.63) is 24.3 Å². The normalized spacial score (nSPS) is 15.6. The zero-order chi connectivity index (χ0) is 22.2. The number of rotatable bonds is 9. The van der Waals surface area contributed by atoms with Crippen LogP contribution in [-0.2, 0) is 23.5 Å². The van der Waals surface area contributed by atoms with E-state index in [0.717, 1.165) is 0 Å². The first-order valence-electron chi connectivity index (χ1n) is 9.98. The van der Waals surface area contributed by atoms with E-state index in [1.54, 1.807) is 19.1 Å². The lowest BCUT2D eigenvalue weighted by Crippen LogP contribution is -2.43. The van der Waals surface area contributed by atoms with Gasteiger partial charge in [-0.05, 0) is 59.2 Å². The summed E-state index contributed by atoms with van der Waals surface area (Å²) in [4.78, 5) is 23.5. The van der Waals surface area contributed by atoms with Crippen LogP contribution in [0.25, 0.3) is 0 Å². The first kappa shape index (κ1) is 26.6. The summed E-state index contributed by atoms with van der Waals surface area (Å²) in [7, 11) is -1.81. The molecule has 0 fully saturated rings. The number of hydrogen-bond donors (Lipinski definition) is 0. The Morgan fingerprint density at radius 1 is 0.857 bits per heavy atom. The Bertz CT molecular complexity index is 564. The molecule has 0 heterocycles. The molecule has 2 atom stereocenters. The highest BCUT2D eigenvalue weighted by molar-refractivity contribution is 6.74. The molecule has 0 radical (unpaired) electrons. The lowest BCUT2D eigenvalue weighted by molar-refractivity contribution is -0.148. The van der Waals surface area contributed by atoms with Gasteiger partial charge >= 0.3 is 11.9 Å². The van der Waals surface area contributed by atoms with E-state index in [0.29, 0.717) is 12.8 Å². The highest BCUT2D eigenvalue weighted by Gasteiger charge is 2.38. The van der Waals surface area contributed by atoms with Crippen molar-refractivity contribution in [1.29, 1.82) is 0 Å². The van der Waals surface area contributed by atoms with Gasteiger partial charge in [-0.15, -0.1) is 0 Å². The second kappa shape index (κ2) is 11.0. The predicted octanol–water partition coefficient (Wildman–Crippen LogP) is 5.56. The maximum absolute atomic E-state index is 11.9. The van der Waals surface area contributed by atoms with E-state index in [4.69, 9.17) is 13.9 Å². The largest absolute Gasteiger partial charge is 0.459 e. The second-order valence-electron chi connectivity index (χ2n) is 9.75. The monoisotopic (exact) mass is 412 g/mol. The number of carbonyl (C=O) groups is 2. The number of carbonyl (C=O) groups excluding carboxylic acids is 2. The topological polar surface area (TPSA) is 61.8 Å². The minimum atomic E-state index is -1.81. The van der Waals surface area contributed by atoms with Gasteiger partial charge < -0.3 is 13.9 Å². The van der Waals surface area contributed by atoms with Crippen LogP contribution in [0.5, 0.6) is 0 Å². The molecule has 0 spiro atoms. The fourth-order valence-electron chi connectivity index (χ4n) is 2.06. The Labute approximate surface area is 172 Å².